The fourth-order valence-electron chi connectivity index (χ4n) is 2.15. The molecule has 0 aliphatic heterocycles. The minimum Gasteiger partial charge on any atom is -0.154 e. The molecule has 3 heteroatoms. The molecule has 0 atom stereocenters. The highest BCUT2D eigenvalue weighted by Crippen LogP contribution is 2.33. The Morgan fingerprint density at radius 3 is 2.06 bits per heavy atom. The number of hydrogen-bond acceptors (Lipinski definition) is 2. The summed E-state index contributed by atoms with van der Waals surface area (Å²) >= 11 is 5.80. The zero-order valence-electron chi connectivity index (χ0n) is 11.2. The van der Waals surface area contributed by atoms with Crippen molar-refractivity contribution in [2.75, 3.05) is 0 Å². The van der Waals surface area contributed by atoms with Gasteiger partial charge < -0.3 is 0 Å². The number of nitrogens with zero attached hydrogens (tertiary/aromatic N) is 2. The van der Waals surface area contributed by atoms with Crippen LogP contribution in [0.4, 0.5) is 0 Å². The predicted octanol–water partition coefficient (Wildman–Crippen LogP) is 4.77. The van der Waals surface area contributed by atoms with Gasteiger partial charge in [0.05, 0.1) is 5.69 Å². The maximum atomic E-state index is 5.80. The summed E-state index contributed by atoms with van der Waals surface area (Å²) < 4.78 is 0. The lowest BCUT2D eigenvalue weighted by Gasteiger charge is -2.28. The smallest absolute Gasteiger partial charge is 0.151 e. The van der Waals surface area contributed by atoms with Gasteiger partial charge in [0, 0.05) is 5.41 Å². The van der Waals surface area contributed by atoms with E-state index in [1.807, 2.05) is 12.1 Å². The molecule has 1 rings (SSSR count). The van der Waals surface area contributed by atoms with E-state index in [4.69, 9.17) is 11.6 Å². The van der Waals surface area contributed by atoms with Gasteiger partial charge >= 0.3 is 0 Å². The Hall–Kier alpha value is -0.630. The van der Waals surface area contributed by atoms with E-state index in [1.165, 1.54) is 38.5 Å². The maximum absolute atomic E-state index is 5.80. The van der Waals surface area contributed by atoms with Gasteiger partial charge in [-0.05, 0) is 25.0 Å². The van der Waals surface area contributed by atoms with Crippen molar-refractivity contribution in [2.24, 2.45) is 0 Å². The molecule has 0 aliphatic carbocycles. The Bertz CT molecular complexity index is 313. The van der Waals surface area contributed by atoms with Crippen LogP contribution >= 0.6 is 11.6 Å². The average molecular weight is 255 g/mol. The van der Waals surface area contributed by atoms with Crippen LogP contribution in [0.25, 0.3) is 0 Å². The van der Waals surface area contributed by atoms with Gasteiger partial charge in [-0.15, -0.1) is 5.10 Å². The largest absolute Gasteiger partial charge is 0.154 e. The van der Waals surface area contributed by atoms with Crippen LogP contribution in [0.3, 0.4) is 0 Å². The molecule has 2 nitrogen and oxygen atoms in total. The lowest BCUT2D eigenvalue weighted by Crippen LogP contribution is -2.24. The molecule has 1 aromatic heterocycles. The molecule has 0 amide bonds. The summed E-state index contributed by atoms with van der Waals surface area (Å²) in [5, 5.41) is 8.73. The molecular formula is C14H23ClN2. The standard InChI is InChI=1S/C14H23ClN2/c1-4-6-10-14(3,11-7-5-2)12-8-9-13(15)17-16-12/h8-9H,4-7,10-11H2,1-3H3. The van der Waals surface area contributed by atoms with Crippen molar-refractivity contribution in [3.05, 3.63) is 23.0 Å². The summed E-state index contributed by atoms with van der Waals surface area (Å²) in [6, 6.07) is 3.88. The summed E-state index contributed by atoms with van der Waals surface area (Å²) in [6.07, 6.45) is 7.29. The van der Waals surface area contributed by atoms with Gasteiger partial charge in [-0.25, -0.2) is 0 Å². The Morgan fingerprint density at radius 1 is 1.06 bits per heavy atom. The zero-order valence-corrected chi connectivity index (χ0v) is 11.9. The number of hydrogen-bond donors (Lipinski definition) is 0. The number of unbranched alkanes of at least 4 members (excludes halogenated alkanes) is 2. The van der Waals surface area contributed by atoms with Crippen molar-refractivity contribution in [3.63, 3.8) is 0 Å². The molecule has 0 unspecified atom stereocenters. The van der Waals surface area contributed by atoms with E-state index >= 15 is 0 Å². The van der Waals surface area contributed by atoms with Crippen LogP contribution < -0.4 is 0 Å². The normalized spacial score (nSPS) is 11.8. The van der Waals surface area contributed by atoms with Crippen LogP contribution in [-0.2, 0) is 5.41 Å². The van der Waals surface area contributed by atoms with Crippen molar-refractivity contribution in [3.8, 4) is 0 Å². The van der Waals surface area contributed by atoms with Gasteiger partial charge in [0.2, 0.25) is 0 Å². The van der Waals surface area contributed by atoms with Gasteiger partial charge in [0.1, 0.15) is 0 Å². The monoisotopic (exact) mass is 254 g/mol. The van der Waals surface area contributed by atoms with Crippen LogP contribution in [0.1, 0.15) is 65.0 Å². The van der Waals surface area contributed by atoms with Crippen molar-refractivity contribution in [1.29, 1.82) is 0 Å². The van der Waals surface area contributed by atoms with Crippen LogP contribution in [0.5, 0.6) is 0 Å². The van der Waals surface area contributed by atoms with E-state index in [-0.39, 0.29) is 5.41 Å². The summed E-state index contributed by atoms with van der Waals surface area (Å²) in [5.41, 5.74) is 1.24. The quantitative estimate of drug-likeness (QED) is 0.701. The van der Waals surface area contributed by atoms with Gasteiger partial charge in [-0.3, -0.25) is 0 Å². The molecule has 0 aliphatic rings. The highest BCUT2D eigenvalue weighted by atomic mass is 35.5. The molecule has 0 saturated heterocycles. The lowest BCUT2D eigenvalue weighted by molar-refractivity contribution is 0.362. The first kappa shape index (κ1) is 14.4. The molecule has 0 N–H and O–H groups in total. The fraction of sp³-hybridized carbons (Fsp3) is 0.714. The van der Waals surface area contributed by atoms with Crippen molar-refractivity contribution >= 4 is 11.6 Å². The Balaban J connectivity index is 2.83. The van der Waals surface area contributed by atoms with Crippen LogP contribution in [0.15, 0.2) is 12.1 Å². The minimum absolute atomic E-state index is 0.156. The lowest BCUT2D eigenvalue weighted by atomic mass is 9.77. The average Bonchev–Trinajstić information content (AvgIpc) is 2.34. The fourth-order valence-corrected chi connectivity index (χ4v) is 2.25. The third-order valence-electron chi connectivity index (χ3n) is 3.41. The second-order valence-electron chi connectivity index (χ2n) is 5.01. The zero-order chi connectivity index (χ0) is 12.7. The van der Waals surface area contributed by atoms with Gasteiger partial charge in [-0.2, -0.15) is 5.10 Å². The molecule has 1 aromatic rings. The van der Waals surface area contributed by atoms with E-state index in [2.05, 4.69) is 31.0 Å². The molecule has 0 aromatic carbocycles. The van der Waals surface area contributed by atoms with E-state index in [0.29, 0.717) is 5.15 Å². The highest BCUT2D eigenvalue weighted by Gasteiger charge is 2.27. The molecule has 0 fully saturated rings. The Kier molecular flexibility index (Phi) is 5.90. The molecule has 0 saturated carbocycles. The van der Waals surface area contributed by atoms with Crippen LogP contribution in [-0.4, -0.2) is 10.2 Å². The molecule has 1 heterocycles. The first-order chi connectivity index (χ1) is 8.12. The van der Waals surface area contributed by atoms with E-state index < -0.39 is 0 Å². The Morgan fingerprint density at radius 2 is 1.65 bits per heavy atom. The van der Waals surface area contributed by atoms with Gasteiger partial charge in [-0.1, -0.05) is 58.1 Å². The summed E-state index contributed by atoms with van der Waals surface area (Å²) in [4.78, 5) is 0. The van der Waals surface area contributed by atoms with Crippen LogP contribution in [0.2, 0.25) is 5.15 Å². The first-order valence-corrected chi connectivity index (χ1v) is 7.00. The number of rotatable bonds is 7. The molecule has 96 valence electrons. The molecule has 0 radical (unpaired) electrons. The molecule has 17 heavy (non-hydrogen) atoms. The topological polar surface area (TPSA) is 25.8 Å². The summed E-state index contributed by atoms with van der Waals surface area (Å²) in [6.45, 7) is 6.76. The van der Waals surface area contributed by atoms with E-state index in [9.17, 15) is 0 Å². The third kappa shape index (κ3) is 4.27. The highest BCUT2D eigenvalue weighted by molar-refractivity contribution is 6.29. The summed E-state index contributed by atoms with van der Waals surface area (Å²) in [5.74, 6) is 0. The molecule has 0 spiro atoms. The SMILES string of the molecule is CCCCC(C)(CCCC)c1ccc(Cl)nn1. The number of halogens is 1. The second-order valence-corrected chi connectivity index (χ2v) is 5.40. The summed E-state index contributed by atoms with van der Waals surface area (Å²) in [7, 11) is 0. The first-order valence-electron chi connectivity index (χ1n) is 6.62. The van der Waals surface area contributed by atoms with Crippen LogP contribution in [0, 0.1) is 0 Å². The van der Waals surface area contributed by atoms with E-state index in [0.717, 1.165) is 5.69 Å². The molecular weight excluding hydrogens is 232 g/mol. The van der Waals surface area contributed by atoms with Crippen molar-refractivity contribution in [2.45, 2.75) is 64.7 Å². The third-order valence-corrected chi connectivity index (χ3v) is 3.62. The maximum Gasteiger partial charge on any atom is 0.151 e. The predicted molar refractivity (Wildman–Crippen MR) is 73.4 cm³/mol. The molecule has 0 bridgehead atoms. The minimum atomic E-state index is 0.156. The van der Waals surface area contributed by atoms with E-state index in [1.54, 1.807) is 0 Å². The van der Waals surface area contributed by atoms with Gasteiger partial charge in [0.25, 0.3) is 0 Å². The Labute approximate surface area is 110 Å². The van der Waals surface area contributed by atoms with Crippen molar-refractivity contribution in [1.82, 2.24) is 10.2 Å². The number of aromatic nitrogens is 2. The van der Waals surface area contributed by atoms with Crippen molar-refractivity contribution < 1.29 is 0 Å². The second kappa shape index (κ2) is 6.95. The van der Waals surface area contributed by atoms with Gasteiger partial charge in [0.15, 0.2) is 5.15 Å².